The molecule has 0 unspecified atom stereocenters. The number of carbonyl (C=O) groups is 1. The Kier molecular flexibility index (Phi) is 4.14. The van der Waals surface area contributed by atoms with Crippen molar-refractivity contribution in [2.75, 3.05) is 11.9 Å². The molecule has 0 aromatic heterocycles. The molecule has 1 aliphatic rings. The van der Waals surface area contributed by atoms with E-state index in [2.05, 4.69) is 5.32 Å². The number of hydrogen-bond acceptors (Lipinski definition) is 2. The maximum Gasteiger partial charge on any atom is 0.231 e. The lowest BCUT2D eigenvalue weighted by atomic mass is 9.73. The summed E-state index contributed by atoms with van der Waals surface area (Å²) in [5.41, 5.74) is 4.97. The van der Waals surface area contributed by atoms with E-state index in [0.717, 1.165) is 37.5 Å². The van der Waals surface area contributed by atoms with E-state index in [0.29, 0.717) is 12.8 Å². The van der Waals surface area contributed by atoms with Gasteiger partial charge in [0.25, 0.3) is 0 Å². The monoisotopic (exact) mass is 268 g/mol. The fourth-order valence-corrected chi connectivity index (χ4v) is 2.60. The van der Waals surface area contributed by atoms with Gasteiger partial charge in [0.05, 0.1) is 11.1 Å². The van der Waals surface area contributed by atoms with Gasteiger partial charge in [0.2, 0.25) is 5.91 Å². The number of nitrogens with two attached hydrogens (primary N) is 1. The van der Waals surface area contributed by atoms with Crippen molar-refractivity contribution in [3.05, 3.63) is 29.8 Å². The minimum Gasteiger partial charge on any atom is -0.329 e. The van der Waals surface area contributed by atoms with Gasteiger partial charge in [-0.15, -0.1) is 0 Å². The Morgan fingerprint density at radius 3 is 2.58 bits per heavy atom. The first-order chi connectivity index (χ1) is 9.07. The highest BCUT2D eigenvalue weighted by Gasteiger charge is 2.38. The number of carbonyl (C=O) groups excluding carboxylic acids is 1. The predicted molar refractivity (Wildman–Crippen MR) is 69.6 cm³/mol. The van der Waals surface area contributed by atoms with Gasteiger partial charge in [-0.2, -0.15) is 0 Å². The minimum atomic E-state index is -0.642. The van der Waals surface area contributed by atoms with Crippen LogP contribution in [0.4, 0.5) is 14.5 Å². The van der Waals surface area contributed by atoms with Crippen molar-refractivity contribution in [2.45, 2.75) is 32.1 Å². The summed E-state index contributed by atoms with van der Waals surface area (Å²) in [7, 11) is 0. The standard InChI is InChI=1S/C14H18F2N2O/c15-10-4-5-11(16)12(8-10)18-13(19)14(9-17)6-2-1-3-7-14/h4-5,8H,1-3,6-7,9,17H2,(H,18,19). The molecule has 1 aromatic rings. The zero-order valence-electron chi connectivity index (χ0n) is 10.7. The minimum absolute atomic E-state index is 0.122. The Morgan fingerprint density at radius 1 is 1.26 bits per heavy atom. The quantitative estimate of drug-likeness (QED) is 0.885. The van der Waals surface area contributed by atoms with Gasteiger partial charge < -0.3 is 11.1 Å². The van der Waals surface area contributed by atoms with Gasteiger partial charge in [-0.1, -0.05) is 19.3 Å². The van der Waals surface area contributed by atoms with Crippen LogP contribution >= 0.6 is 0 Å². The maximum atomic E-state index is 13.5. The van der Waals surface area contributed by atoms with E-state index in [9.17, 15) is 13.6 Å². The number of amides is 1. The van der Waals surface area contributed by atoms with Crippen molar-refractivity contribution >= 4 is 11.6 Å². The summed E-state index contributed by atoms with van der Waals surface area (Å²) in [5.74, 6) is -1.53. The molecule has 1 aliphatic carbocycles. The Bertz CT molecular complexity index is 471. The maximum absolute atomic E-state index is 13.5. The Hall–Kier alpha value is -1.49. The number of rotatable bonds is 3. The first-order valence-corrected chi connectivity index (χ1v) is 6.54. The lowest BCUT2D eigenvalue weighted by Crippen LogP contribution is -2.44. The average Bonchev–Trinajstić information content (AvgIpc) is 2.43. The topological polar surface area (TPSA) is 55.1 Å². The molecular formula is C14H18F2N2O. The number of benzene rings is 1. The smallest absolute Gasteiger partial charge is 0.231 e. The SMILES string of the molecule is NCC1(C(=O)Nc2cc(F)ccc2F)CCCCC1. The van der Waals surface area contributed by atoms with E-state index in [4.69, 9.17) is 5.73 Å². The molecule has 2 rings (SSSR count). The largest absolute Gasteiger partial charge is 0.329 e. The zero-order chi connectivity index (χ0) is 13.9. The summed E-state index contributed by atoms with van der Waals surface area (Å²) in [4.78, 5) is 12.3. The fraction of sp³-hybridized carbons (Fsp3) is 0.500. The number of hydrogen-bond donors (Lipinski definition) is 2. The van der Waals surface area contributed by atoms with Crippen LogP contribution in [-0.4, -0.2) is 12.5 Å². The highest BCUT2D eigenvalue weighted by atomic mass is 19.1. The highest BCUT2D eigenvalue weighted by molar-refractivity contribution is 5.95. The van der Waals surface area contributed by atoms with Crippen LogP contribution in [0.2, 0.25) is 0 Å². The van der Waals surface area contributed by atoms with E-state index >= 15 is 0 Å². The van der Waals surface area contributed by atoms with E-state index in [1.54, 1.807) is 0 Å². The van der Waals surface area contributed by atoms with Crippen molar-refractivity contribution in [3.63, 3.8) is 0 Å². The summed E-state index contributed by atoms with van der Waals surface area (Å²) in [6.45, 7) is 0.232. The Labute approximate surface area is 111 Å². The summed E-state index contributed by atoms with van der Waals surface area (Å²) in [6.07, 6.45) is 4.37. The molecule has 3 N–H and O–H groups in total. The van der Waals surface area contributed by atoms with E-state index in [1.807, 2.05) is 0 Å². The molecule has 104 valence electrons. The van der Waals surface area contributed by atoms with Crippen LogP contribution in [0.15, 0.2) is 18.2 Å². The molecule has 19 heavy (non-hydrogen) atoms. The van der Waals surface area contributed by atoms with E-state index in [-0.39, 0.29) is 18.1 Å². The van der Waals surface area contributed by atoms with Crippen molar-refractivity contribution < 1.29 is 13.6 Å². The molecule has 5 heteroatoms. The van der Waals surface area contributed by atoms with Crippen LogP contribution in [0.3, 0.4) is 0 Å². The third-order valence-corrected chi connectivity index (χ3v) is 3.86. The zero-order valence-corrected chi connectivity index (χ0v) is 10.7. The molecule has 0 heterocycles. The predicted octanol–water partition coefficient (Wildman–Crippen LogP) is 2.81. The van der Waals surface area contributed by atoms with Gasteiger partial charge in [0, 0.05) is 12.6 Å². The normalized spacial score (nSPS) is 18.1. The first kappa shape index (κ1) is 13.9. The summed E-state index contributed by atoms with van der Waals surface area (Å²) >= 11 is 0. The Morgan fingerprint density at radius 2 is 1.95 bits per heavy atom. The third-order valence-electron chi connectivity index (χ3n) is 3.86. The van der Waals surface area contributed by atoms with E-state index < -0.39 is 17.0 Å². The summed E-state index contributed by atoms with van der Waals surface area (Å²) < 4.78 is 26.6. The molecular weight excluding hydrogens is 250 g/mol. The second-order valence-electron chi connectivity index (χ2n) is 5.12. The second kappa shape index (κ2) is 5.65. The van der Waals surface area contributed by atoms with Gasteiger partial charge >= 0.3 is 0 Å². The molecule has 0 radical (unpaired) electrons. The van der Waals surface area contributed by atoms with Crippen LogP contribution < -0.4 is 11.1 Å². The average molecular weight is 268 g/mol. The van der Waals surface area contributed by atoms with Crippen molar-refractivity contribution in [3.8, 4) is 0 Å². The fourth-order valence-electron chi connectivity index (χ4n) is 2.60. The molecule has 1 saturated carbocycles. The molecule has 1 amide bonds. The lowest BCUT2D eigenvalue weighted by Gasteiger charge is -2.34. The van der Waals surface area contributed by atoms with E-state index in [1.165, 1.54) is 0 Å². The molecule has 0 aliphatic heterocycles. The Balaban J connectivity index is 2.17. The third kappa shape index (κ3) is 2.92. The van der Waals surface area contributed by atoms with Gasteiger partial charge in [0.15, 0.2) is 0 Å². The van der Waals surface area contributed by atoms with Crippen molar-refractivity contribution in [2.24, 2.45) is 11.1 Å². The molecule has 1 fully saturated rings. The van der Waals surface area contributed by atoms with Crippen molar-refractivity contribution in [1.29, 1.82) is 0 Å². The molecule has 0 atom stereocenters. The van der Waals surface area contributed by atoms with Crippen LogP contribution in [0.1, 0.15) is 32.1 Å². The summed E-state index contributed by atoms with van der Waals surface area (Å²) in [6, 6.07) is 3.01. The number of halogens is 2. The van der Waals surface area contributed by atoms with Gasteiger partial charge in [0.1, 0.15) is 11.6 Å². The van der Waals surface area contributed by atoms with Gasteiger partial charge in [-0.05, 0) is 25.0 Å². The first-order valence-electron chi connectivity index (χ1n) is 6.54. The van der Waals surface area contributed by atoms with Crippen molar-refractivity contribution in [1.82, 2.24) is 0 Å². The lowest BCUT2D eigenvalue weighted by molar-refractivity contribution is -0.126. The van der Waals surface area contributed by atoms with Crippen LogP contribution in [0.25, 0.3) is 0 Å². The highest BCUT2D eigenvalue weighted by Crippen LogP contribution is 2.36. The van der Waals surface area contributed by atoms with Gasteiger partial charge in [-0.3, -0.25) is 4.79 Å². The summed E-state index contributed by atoms with van der Waals surface area (Å²) in [5, 5.41) is 2.48. The molecule has 0 saturated heterocycles. The number of anilines is 1. The van der Waals surface area contributed by atoms with Crippen LogP contribution in [0.5, 0.6) is 0 Å². The molecule has 3 nitrogen and oxygen atoms in total. The molecule has 1 aromatic carbocycles. The van der Waals surface area contributed by atoms with Crippen LogP contribution in [-0.2, 0) is 4.79 Å². The van der Waals surface area contributed by atoms with Gasteiger partial charge in [-0.25, -0.2) is 8.78 Å². The molecule has 0 spiro atoms. The number of nitrogens with one attached hydrogen (secondary N) is 1. The van der Waals surface area contributed by atoms with Crippen LogP contribution in [0, 0.1) is 17.0 Å². The second-order valence-corrected chi connectivity index (χ2v) is 5.12. The molecule has 0 bridgehead atoms.